The summed E-state index contributed by atoms with van der Waals surface area (Å²) in [5.74, 6) is 0.273. The number of nitrogens with zero attached hydrogens (tertiary/aromatic N) is 2. The second-order valence-corrected chi connectivity index (χ2v) is 9.46. The van der Waals surface area contributed by atoms with Crippen molar-refractivity contribution in [3.05, 3.63) is 0 Å². The van der Waals surface area contributed by atoms with Crippen molar-refractivity contribution in [2.24, 2.45) is 0 Å². The van der Waals surface area contributed by atoms with Crippen LogP contribution in [0.2, 0.25) is 0 Å². The fraction of sp³-hybridized carbons (Fsp3) is 1.00. The highest BCUT2D eigenvalue weighted by molar-refractivity contribution is 9.09. The largest absolute Gasteiger partial charge is 0.300 e. The molecule has 0 bridgehead atoms. The number of hydrogen-bond acceptors (Lipinski definition) is 4. The van der Waals surface area contributed by atoms with Crippen molar-refractivity contribution in [1.29, 1.82) is 0 Å². The molecule has 0 saturated carbocycles. The van der Waals surface area contributed by atoms with Gasteiger partial charge in [-0.3, -0.25) is 9.80 Å². The summed E-state index contributed by atoms with van der Waals surface area (Å²) in [6.45, 7) is 11.1. The second-order valence-electron chi connectivity index (χ2n) is 5.80. The van der Waals surface area contributed by atoms with Crippen LogP contribution in [0.25, 0.3) is 0 Å². The molecular weight excluding hydrogens is 316 g/mol. The molecule has 18 heavy (non-hydrogen) atoms. The lowest BCUT2D eigenvalue weighted by Crippen LogP contribution is -2.48. The monoisotopic (exact) mass is 340 g/mol. The Balaban J connectivity index is 2.35. The summed E-state index contributed by atoms with van der Waals surface area (Å²) in [4.78, 5) is 4.66. The summed E-state index contributed by atoms with van der Waals surface area (Å²) < 4.78 is 23.4. The van der Waals surface area contributed by atoms with Crippen molar-refractivity contribution in [2.45, 2.75) is 25.5 Å². The molecule has 0 amide bonds. The zero-order valence-corrected chi connectivity index (χ0v) is 14.1. The fourth-order valence-corrected chi connectivity index (χ4v) is 3.52. The van der Waals surface area contributed by atoms with Gasteiger partial charge in [0.2, 0.25) is 0 Å². The lowest BCUT2D eigenvalue weighted by molar-refractivity contribution is 0.144. The molecule has 0 aromatic heterocycles. The van der Waals surface area contributed by atoms with E-state index in [1.165, 1.54) is 0 Å². The van der Waals surface area contributed by atoms with Gasteiger partial charge >= 0.3 is 0 Å². The minimum Gasteiger partial charge on any atom is -0.300 e. The highest BCUT2D eigenvalue weighted by Crippen LogP contribution is 2.16. The van der Waals surface area contributed by atoms with Crippen LogP contribution < -0.4 is 0 Å². The van der Waals surface area contributed by atoms with Crippen molar-refractivity contribution in [3.63, 3.8) is 0 Å². The highest BCUT2D eigenvalue weighted by atomic mass is 79.9. The van der Waals surface area contributed by atoms with Crippen molar-refractivity contribution < 1.29 is 8.42 Å². The van der Waals surface area contributed by atoms with Crippen LogP contribution in [0.5, 0.6) is 0 Å². The van der Waals surface area contributed by atoms with E-state index in [0.29, 0.717) is 6.54 Å². The molecule has 0 atom stereocenters. The minimum absolute atomic E-state index is 0.273. The third-order valence-electron chi connectivity index (χ3n) is 3.47. The quantitative estimate of drug-likeness (QED) is 0.705. The molecule has 1 rings (SSSR count). The predicted octanol–water partition coefficient (Wildman–Crippen LogP) is 1.21. The van der Waals surface area contributed by atoms with Crippen molar-refractivity contribution in [1.82, 2.24) is 9.80 Å². The summed E-state index contributed by atoms with van der Waals surface area (Å²) in [6.07, 6.45) is 0. The molecule has 6 heteroatoms. The van der Waals surface area contributed by atoms with E-state index >= 15 is 0 Å². The third kappa shape index (κ3) is 4.79. The van der Waals surface area contributed by atoms with Crippen LogP contribution in [-0.2, 0) is 9.84 Å². The van der Waals surface area contributed by atoms with Crippen LogP contribution in [0.1, 0.15) is 20.8 Å². The minimum atomic E-state index is -2.98. The average molecular weight is 341 g/mol. The Hall–Kier alpha value is 0.350. The van der Waals surface area contributed by atoms with Crippen LogP contribution in [0.15, 0.2) is 0 Å². The smallest absolute Gasteiger partial charge is 0.156 e. The average Bonchev–Trinajstić information content (AvgIpc) is 2.27. The SMILES string of the molecule is CC(C)(C)S(=O)(=O)CCN1CCN(CCBr)CC1. The maximum atomic E-state index is 12.0. The molecule has 1 aliphatic rings. The number of sulfone groups is 1. The molecule has 1 heterocycles. The van der Waals surface area contributed by atoms with Crippen LogP contribution >= 0.6 is 15.9 Å². The highest BCUT2D eigenvalue weighted by Gasteiger charge is 2.29. The molecule has 0 spiro atoms. The van der Waals surface area contributed by atoms with Gasteiger partial charge in [0.05, 0.1) is 10.5 Å². The molecule has 1 aliphatic heterocycles. The van der Waals surface area contributed by atoms with E-state index in [1.54, 1.807) is 20.8 Å². The van der Waals surface area contributed by atoms with E-state index in [-0.39, 0.29) is 5.75 Å². The van der Waals surface area contributed by atoms with Gasteiger partial charge in [-0.2, -0.15) is 0 Å². The van der Waals surface area contributed by atoms with Gasteiger partial charge in [-0.1, -0.05) is 15.9 Å². The number of alkyl halides is 1. The van der Waals surface area contributed by atoms with Gasteiger partial charge in [0, 0.05) is 44.6 Å². The van der Waals surface area contributed by atoms with Crippen LogP contribution in [-0.4, -0.2) is 73.3 Å². The van der Waals surface area contributed by atoms with Crippen LogP contribution in [0.3, 0.4) is 0 Å². The van der Waals surface area contributed by atoms with Crippen LogP contribution in [0.4, 0.5) is 0 Å². The van der Waals surface area contributed by atoms with Gasteiger partial charge in [-0.05, 0) is 20.8 Å². The molecule has 4 nitrogen and oxygen atoms in total. The summed E-state index contributed by atoms with van der Waals surface area (Å²) in [5.41, 5.74) is 0. The standard InChI is InChI=1S/C12H25BrN2O2S/c1-12(2,3)18(16,17)11-10-15-8-6-14(5-4-13)7-9-15/h4-11H2,1-3H3. The molecule has 0 N–H and O–H groups in total. The van der Waals surface area contributed by atoms with E-state index in [9.17, 15) is 8.42 Å². The molecule has 0 aromatic carbocycles. The summed E-state index contributed by atoms with van der Waals surface area (Å²) in [5, 5.41) is 1.01. The lowest BCUT2D eigenvalue weighted by Gasteiger charge is -2.34. The Morgan fingerprint density at radius 2 is 1.44 bits per heavy atom. The zero-order valence-electron chi connectivity index (χ0n) is 11.7. The normalized spacial score (nSPS) is 20.2. The van der Waals surface area contributed by atoms with Gasteiger partial charge in [-0.25, -0.2) is 8.42 Å². The van der Waals surface area contributed by atoms with Crippen molar-refractivity contribution >= 4 is 25.8 Å². The number of piperazine rings is 1. The molecule has 0 unspecified atom stereocenters. The first-order valence-electron chi connectivity index (χ1n) is 6.49. The van der Waals surface area contributed by atoms with Crippen molar-refractivity contribution in [3.8, 4) is 0 Å². The van der Waals surface area contributed by atoms with E-state index in [2.05, 4.69) is 25.7 Å². The Morgan fingerprint density at radius 1 is 1.00 bits per heavy atom. The number of rotatable bonds is 5. The van der Waals surface area contributed by atoms with Crippen LogP contribution in [0, 0.1) is 0 Å². The summed E-state index contributed by atoms with van der Waals surface area (Å²) in [6, 6.07) is 0. The molecule has 1 fully saturated rings. The lowest BCUT2D eigenvalue weighted by atomic mass is 10.3. The molecular formula is C12H25BrN2O2S. The first kappa shape index (κ1) is 16.4. The van der Waals surface area contributed by atoms with Gasteiger partial charge in [0.15, 0.2) is 9.84 Å². The molecule has 0 aliphatic carbocycles. The first-order chi connectivity index (χ1) is 8.26. The Bertz CT molecular complexity index is 344. The van der Waals surface area contributed by atoms with Gasteiger partial charge < -0.3 is 0 Å². The Morgan fingerprint density at radius 3 is 1.83 bits per heavy atom. The van der Waals surface area contributed by atoms with E-state index in [4.69, 9.17) is 0 Å². The Kier molecular flexibility index (Phi) is 6.09. The second kappa shape index (κ2) is 6.68. The number of halogens is 1. The van der Waals surface area contributed by atoms with Gasteiger partial charge in [0.25, 0.3) is 0 Å². The summed E-state index contributed by atoms with van der Waals surface area (Å²) in [7, 11) is -2.98. The first-order valence-corrected chi connectivity index (χ1v) is 9.26. The number of hydrogen-bond donors (Lipinski definition) is 0. The van der Waals surface area contributed by atoms with E-state index in [0.717, 1.165) is 38.1 Å². The van der Waals surface area contributed by atoms with Gasteiger partial charge in [0.1, 0.15) is 0 Å². The predicted molar refractivity (Wildman–Crippen MR) is 80.2 cm³/mol. The van der Waals surface area contributed by atoms with E-state index < -0.39 is 14.6 Å². The molecule has 1 saturated heterocycles. The maximum absolute atomic E-state index is 12.0. The summed E-state index contributed by atoms with van der Waals surface area (Å²) >= 11 is 3.44. The molecule has 108 valence electrons. The third-order valence-corrected chi connectivity index (χ3v) is 6.42. The van der Waals surface area contributed by atoms with E-state index in [1.807, 2.05) is 0 Å². The van der Waals surface area contributed by atoms with Crippen molar-refractivity contribution in [2.75, 3.05) is 50.4 Å². The topological polar surface area (TPSA) is 40.6 Å². The molecule has 0 aromatic rings. The fourth-order valence-electron chi connectivity index (χ4n) is 1.91. The maximum Gasteiger partial charge on any atom is 0.156 e. The zero-order chi connectivity index (χ0) is 13.8. The Labute approximate surface area is 120 Å². The molecule has 0 radical (unpaired) electrons. The van der Waals surface area contributed by atoms with Gasteiger partial charge in [-0.15, -0.1) is 0 Å².